The maximum Gasteiger partial charge on any atom is 0.216 e. The van der Waals surface area contributed by atoms with Gasteiger partial charge in [0.15, 0.2) is 5.82 Å². The topological polar surface area (TPSA) is 112 Å². The highest BCUT2D eigenvalue weighted by atomic mass is 32.2. The SMILES string of the molecule is Nc1cccc(-c2nc(N)c3cc(S(=O)(=O)c4ccccc4)sc3n2)c1. The van der Waals surface area contributed by atoms with Crippen molar-refractivity contribution in [3.05, 3.63) is 60.7 Å². The van der Waals surface area contributed by atoms with Crippen LogP contribution in [0.5, 0.6) is 0 Å². The van der Waals surface area contributed by atoms with Crippen molar-refractivity contribution in [2.24, 2.45) is 0 Å². The number of hydrogen-bond acceptors (Lipinski definition) is 7. The van der Waals surface area contributed by atoms with E-state index in [4.69, 9.17) is 11.5 Å². The van der Waals surface area contributed by atoms with Crippen molar-refractivity contribution in [1.29, 1.82) is 0 Å². The summed E-state index contributed by atoms with van der Waals surface area (Å²) in [7, 11) is -3.63. The first-order chi connectivity index (χ1) is 12.4. The molecule has 0 aliphatic heterocycles. The Labute approximate surface area is 154 Å². The Morgan fingerprint density at radius 1 is 0.885 bits per heavy atom. The molecule has 0 unspecified atom stereocenters. The van der Waals surface area contributed by atoms with Crippen LogP contribution in [0.15, 0.2) is 69.8 Å². The van der Waals surface area contributed by atoms with Gasteiger partial charge in [-0.15, -0.1) is 11.3 Å². The summed E-state index contributed by atoms with van der Waals surface area (Å²) in [6.45, 7) is 0. The van der Waals surface area contributed by atoms with E-state index in [1.165, 1.54) is 6.07 Å². The molecule has 0 saturated heterocycles. The molecule has 4 N–H and O–H groups in total. The molecule has 6 nitrogen and oxygen atoms in total. The van der Waals surface area contributed by atoms with Crippen LogP contribution < -0.4 is 11.5 Å². The number of benzene rings is 2. The van der Waals surface area contributed by atoms with Crippen molar-refractivity contribution in [3.63, 3.8) is 0 Å². The zero-order chi connectivity index (χ0) is 18.3. The maximum absolute atomic E-state index is 12.8. The molecule has 0 aliphatic rings. The minimum atomic E-state index is -3.63. The quantitative estimate of drug-likeness (QED) is 0.526. The molecule has 0 aliphatic carbocycles. The Morgan fingerprint density at radius 3 is 2.38 bits per heavy atom. The average molecular weight is 382 g/mol. The van der Waals surface area contributed by atoms with Gasteiger partial charge in [-0.2, -0.15) is 0 Å². The monoisotopic (exact) mass is 382 g/mol. The van der Waals surface area contributed by atoms with Crippen LogP contribution in [-0.4, -0.2) is 18.4 Å². The third-order valence-corrected chi connectivity index (χ3v) is 7.13. The Balaban J connectivity index is 1.87. The third kappa shape index (κ3) is 2.79. The lowest BCUT2D eigenvalue weighted by atomic mass is 10.2. The number of fused-ring (bicyclic) bond motifs is 1. The molecule has 0 amide bonds. The molecule has 2 aromatic carbocycles. The smallest absolute Gasteiger partial charge is 0.216 e. The number of hydrogen-bond donors (Lipinski definition) is 2. The largest absolute Gasteiger partial charge is 0.399 e. The van der Waals surface area contributed by atoms with Crippen LogP contribution in [0, 0.1) is 0 Å². The lowest BCUT2D eigenvalue weighted by Crippen LogP contribution is -1.98. The second kappa shape index (κ2) is 6.08. The molecule has 4 rings (SSSR count). The van der Waals surface area contributed by atoms with Crippen molar-refractivity contribution in [2.75, 3.05) is 11.5 Å². The fraction of sp³-hybridized carbons (Fsp3) is 0. The molecule has 2 heterocycles. The summed E-state index contributed by atoms with van der Waals surface area (Å²) in [5.74, 6) is 0.644. The van der Waals surface area contributed by atoms with E-state index in [0.29, 0.717) is 21.7 Å². The molecule has 8 heteroatoms. The van der Waals surface area contributed by atoms with Crippen LogP contribution in [0.25, 0.3) is 21.6 Å². The standard InChI is InChI=1S/C18H14N4O2S2/c19-12-6-4-5-11(9-12)17-21-16(20)14-10-15(25-18(14)22-17)26(23,24)13-7-2-1-3-8-13/h1-10H,19H2,(H2,20,21,22). The lowest BCUT2D eigenvalue weighted by Gasteiger charge is -2.03. The third-order valence-electron chi connectivity index (χ3n) is 3.86. The van der Waals surface area contributed by atoms with Gasteiger partial charge in [-0.05, 0) is 30.3 Å². The summed E-state index contributed by atoms with van der Waals surface area (Å²) in [5.41, 5.74) is 13.2. The van der Waals surface area contributed by atoms with Crippen LogP contribution >= 0.6 is 11.3 Å². The van der Waals surface area contributed by atoms with Crippen molar-refractivity contribution in [3.8, 4) is 11.4 Å². The molecule has 0 radical (unpaired) electrons. The predicted molar refractivity (Wildman–Crippen MR) is 104 cm³/mol. The van der Waals surface area contributed by atoms with E-state index in [1.807, 2.05) is 6.07 Å². The van der Waals surface area contributed by atoms with E-state index >= 15 is 0 Å². The summed E-state index contributed by atoms with van der Waals surface area (Å²) < 4.78 is 25.8. The van der Waals surface area contributed by atoms with E-state index < -0.39 is 9.84 Å². The Kier molecular flexibility index (Phi) is 3.86. The number of nitrogens with two attached hydrogens (primary N) is 2. The Hall–Kier alpha value is -2.97. The van der Waals surface area contributed by atoms with Crippen molar-refractivity contribution in [2.45, 2.75) is 9.10 Å². The van der Waals surface area contributed by atoms with Gasteiger partial charge in [0, 0.05) is 11.3 Å². The van der Waals surface area contributed by atoms with E-state index in [1.54, 1.807) is 48.5 Å². The molecule has 0 bridgehead atoms. The van der Waals surface area contributed by atoms with Crippen LogP contribution in [0.2, 0.25) is 0 Å². The summed E-state index contributed by atoms with van der Waals surface area (Å²) in [5, 5.41) is 0.525. The van der Waals surface area contributed by atoms with Crippen LogP contribution in [0.4, 0.5) is 11.5 Å². The minimum absolute atomic E-state index is 0.185. The van der Waals surface area contributed by atoms with Gasteiger partial charge in [-0.1, -0.05) is 30.3 Å². The van der Waals surface area contributed by atoms with Gasteiger partial charge in [0.05, 0.1) is 10.3 Å². The van der Waals surface area contributed by atoms with Crippen LogP contribution in [0.1, 0.15) is 0 Å². The molecule has 0 fully saturated rings. The molecule has 0 atom stereocenters. The van der Waals surface area contributed by atoms with E-state index in [0.717, 1.165) is 16.9 Å². The van der Waals surface area contributed by atoms with E-state index in [2.05, 4.69) is 9.97 Å². The van der Waals surface area contributed by atoms with E-state index in [9.17, 15) is 8.42 Å². The number of anilines is 2. The van der Waals surface area contributed by atoms with Crippen LogP contribution in [-0.2, 0) is 9.84 Å². The lowest BCUT2D eigenvalue weighted by molar-refractivity contribution is 0.598. The molecule has 0 spiro atoms. The Bertz CT molecular complexity index is 1220. The highest BCUT2D eigenvalue weighted by Crippen LogP contribution is 2.35. The zero-order valence-corrected chi connectivity index (χ0v) is 15.1. The second-order valence-corrected chi connectivity index (χ2v) is 8.87. The molecule has 0 saturated carbocycles. The fourth-order valence-corrected chi connectivity index (χ4v) is 5.33. The van der Waals surface area contributed by atoms with E-state index in [-0.39, 0.29) is 14.9 Å². The summed E-state index contributed by atoms with van der Waals surface area (Å²) in [6.07, 6.45) is 0. The summed E-state index contributed by atoms with van der Waals surface area (Å²) >= 11 is 1.08. The average Bonchev–Trinajstić information content (AvgIpc) is 3.08. The zero-order valence-electron chi connectivity index (χ0n) is 13.5. The minimum Gasteiger partial charge on any atom is -0.399 e. The second-order valence-electron chi connectivity index (χ2n) is 5.66. The number of rotatable bonds is 3. The first-order valence-electron chi connectivity index (χ1n) is 7.68. The highest BCUT2D eigenvalue weighted by molar-refractivity contribution is 7.93. The van der Waals surface area contributed by atoms with Crippen molar-refractivity contribution in [1.82, 2.24) is 9.97 Å². The normalized spacial score (nSPS) is 11.7. The molecular formula is C18H14N4O2S2. The number of aromatic nitrogens is 2. The van der Waals surface area contributed by atoms with Gasteiger partial charge in [0.2, 0.25) is 9.84 Å². The van der Waals surface area contributed by atoms with Crippen molar-refractivity contribution < 1.29 is 8.42 Å². The summed E-state index contributed by atoms with van der Waals surface area (Å²) in [4.78, 5) is 9.54. The highest BCUT2D eigenvalue weighted by Gasteiger charge is 2.22. The number of nitrogens with zero attached hydrogens (tertiary/aromatic N) is 2. The van der Waals surface area contributed by atoms with Crippen LogP contribution in [0.3, 0.4) is 0 Å². The fourth-order valence-electron chi connectivity index (χ4n) is 2.58. The van der Waals surface area contributed by atoms with Gasteiger partial charge < -0.3 is 11.5 Å². The number of thiophene rings is 1. The molecule has 2 aromatic heterocycles. The van der Waals surface area contributed by atoms with Gasteiger partial charge in [0.1, 0.15) is 14.9 Å². The predicted octanol–water partition coefficient (Wildman–Crippen LogP) is 3.36. The summed E-state index contributed by atoms with van der Waals surface area (Å²) in [6, 6.07) is 16.9. The number of sulfone groups is 1. The first kappa shape index (κ1) is 16.5. The van der Waals surface area contributed by atoms with Gasteiger partial charge in [0.25, 0.3) is 0 Å². The molecular weight excluding hydrogens is 368 g/mol. The van der Waals surface area contributed by atoms with Gasteiger partial charge in [-0.25, -0.2) is 18.4 Å². The Morgan fingerprint density at radius 2 is 1.65 bits per heavy atom. The maximum atomic E-state index is 12.8. The molecule has 26 heavy (non-hydrogen) atoms. The van der Waals surface area contributed by atoms with Crippen molar-refractivity contribution >= 4 is 42.9 Å². The van der Waals surface area contributed by atoms with Gasteiger partial charge in [-0.3, -0.25) is 0 Å². The molecule has 130 valence electrons. The number of nitrogen functional groups attached to an aromatic ring is 2. The first-order valence-corrected chi connectivity index (χ1v) is 9.98. The van der Waals surface area contributed by atoms with Gasteiger partial charge >= 0.3 is 0 Å². The molecule has 4 aromatic rings.